The SMILES string of the molecule is CCn1ccc(NC2CCCC(C(C)C)CC2)n1. The van der Waals surface area contributed by atoms with Crippen molar-refractivity contribution >= 4 is 5.82 Å². The topological polar surface area (TPSA) is 29.9 Å². The molecule has 0 amide bonds. The third kappa shape index (κ3) is 3.50. The minimum absolute atomic E-state index is 0.619. The molecule has 1 fully saturated rings. The smallest absolute Gasteiger partial charge is 0.148 e. The summed E-state index contributed by atoms with van der Waals surface area (Å²) in [6, 6.07) is 2.71. The Hall–Kier alpha value is -0.990. The number of rotatable bonds is 4. The van der Waals surface area contributed by atoms with Gasteiger partial charge in [-0.2, -0.15) is 5.10 Å². The first kappa shape index (κ1) is 13.4. The summed E-state index contributed by atoms with van der Waals surface area (Å²) in [5, 5.41) is 8.12. The van der Waals surface area contributed by atoms with E-state index in [0.29, 0.717) is 6.04 Å². The van der Waals surface area contributed by atoms with Crippen LogP contribution in [0, 0.1) is 11.8 Å². The number of nitrogens with one attached hydrogen (secondary N) is 1. The van der Waals surface area contributed by atoms with Crippen molar-refractivity contribution < 1.29 is 0 Å². The first-order chi connectivity index (χ1) is 8.69. The molecule has 18 heavy (non-hydrogen) atoms. The van der Waals surface area contributed by atoms with Gasteiger partial charge >= 0.3 is 0 Å². The molecular weight excluding hydrogens is 222 g/mol. The van der Waals surface area contributed by atoms with Gasteiger partial charge in [0.25, 0.3) is 0 Å². The molecule has 0 saturated heterocycles. The van der Waals surface area contributed by atoms with Crippen LogP contribution in [0.25, 0.3) is 0 Å². The summed E-state index contributed by atoms with van der Waals surface area (Å²) in [6.45, 7) is 7.79. The highest BCUT2D eigenvalue weighted by Gasteiger charge is 2.21. The normalized spacial score (nSPS) is 25.1. The Labute approximate surface area is 111 Å². The maximum absolute atomic E-state index is 4.51. The highest BCUT2D eigenvalue weighted by Crippen LogP contribution is 2.29. The lowest BCUT2D eigenvalue weighted by molar-refractivity contribution is 0.341. The molecule has 1 N–H and O–H groups in total. The van der Waals surface area contributed by atoms with Crippen molar-refractivity contribution in [3.63, 3.8) is 0 Å². The van der Waals surface area contributed by atoms with E-state index in [1.54, 1.807) is 0 Å². The summed E-state index contributed by atoms with van der Waals surface area (Å²) < 4.78 is 1.98. The summed E-state index contributed by atoms with van der Waals surface area (Å²) in [5.41, 5.74) is 0. The fourth-order valence-corrected chi connectivity index (χ4v) is 2.97. The zero-order valence-electron chi connectivity index (χ0n) is 12.0. The van der Waals surface area contributed by atoms with Gasteiger partial charge in [-0.1, -0.05) is 26.7 Å². The third-order valence-corrected chi connectivity index (χ3v) is 4.27. The monoisotopic (exact) mass is 249 g/mol. The molecule has 1 aliphatic rings. The van der Waals surface area contributed by atoms with Crippen molar-refractivity contribution in [2.75, 3.05) is 5.32 Å². The second-order valence-corrected chi connectivity index (χ2v) is 5.91. The molecule has 1 aromatic heterocycles. The van der Waals surface area contributed by atoms with Gasteiger partial charge in [-0.3, -0.25) is 4.68 Å². The quantitative estimate of drug-likeness (QED) is 0.820. The predicted octanol–water partition coefficient (Wildman–Crippen LogP) is 3.92. The van der Waals surface area contributed by atoms with Crippen molar-refractivity contribution in [2.24, 2.45) is 11.8 Å². The highest BCUT2D eigenvalue weighted by atomic mass is 15.3. The molecule has 2 rings (SSSR count). The van der Waals surface area contributed by atoms with Crippen LogP contribution in [0.5, 0.6) is 0 Å². The third-order valence-electron chi connectivity index (χ3n) is 4.27. The highest BCUT2D eigenvalue weighted by molar-refractivity contribution is 5.33. The van der Waals surface area contributed by atoms with Crippen LogP contribution < -0.4 is 5.32 Å². The molecule has 102 valence electrons. The lowest BCUT2D eigenvalue weighted by Crippen LogP contribution is -2.19. The minimum Gasteiger partial charge on any atom is -0.366 e. The Bertz CT molecular complexity index is 356. The zero-order chi connectivity index (χ0) is 13.0. The zero-order valence-corrected chi connectivity index (χ0v) is 12.0. The van der Waals surface area contributed by atoms with Gasteiger partial charge in [0, 0.05) is 24.8 Å². The molecule has 0 radical (unpaired) electrons. The number of aryl methyl sites for hydroxylation is 1. The standard InChI is InChI=1S/C15H27N3/c1-4-18-11-10-15(17-18)16-14-7-5-6-13(8-9-14)12(2)3/h10-14H,4-9H2,1-3H3,(H,16,17). The largest absolute Gasteiger partial charge is 0.366 e. The van der Waals surface area contributed by atoms with Crippen LogP contribution in [0.2, 0.25) is 0 Å². The van der Waals surface area contributed by atoms with Crippen molar-refractivity contribution in [2.45, 2.75) is 65.5 Å². The fraction of sp³-hybridized carbons (Fsp3) is 0.800. The average molecular weight is 249 g/mol. The molecule has 3 nitrogen and oxygen atoms in total. The lowest BCUT2D eigenvalue weighted by Gasteiger charge is -2.19. The molecule has 0 bridgehead atoms. The van der Waals surface area contributed by atoms with Crippen LogP contribution in [-0.4, -0.2) is 15.8 Å². The fourth-order valence-electron chi connectivity index (χ4n) is 2.97. The maximum atomic E-state index is 4.51. The Morgan fingerprint density at radius 1 is 1.33 bits per heavy atom. The van der Waals surface area contributed by atoms with Gasteiger partial charge in [0.1, 0.15) is 5.82 Å². The molecule has 3 heteroatoms. The van der Waals surface area contributed by atoms with Crippen molar-refractivity contribution in [3.05, 3.63) is 12.3 Å². The number of aromatic nitrogens is 2. The van der Waals surface area contributed by atoms with Gasteiger partial charge in [0.2, 0.25) is 0 Å². The van der Waals surface area contributed by atoms with Crippen molar-refractivity contribution in [1.82, 2.24) is 9.78 Å². The molecular formula is C15H27N3. The second kappa shape index (κ2) is 6.26. The molecule has 0 spiro atoms. The maximum Gasteiger partial charge on any atom is 0.148 e. The van der Waals surface area contributed by atoms with Gasteiger partial charge < -0.3 is 5.32 Å². The molecule has 1 saturated carbocycles. The van der Waals surface area contributed by atoms with E-state index in [9.17, 15) is 0 Å². The molecule has 1 heterocycles. The molecule has 1 aromatic rings. The number of hydrogen-bond acceptors (Lipinski definition) is 2. The van der Waals surface area contributed by atoms with E-state index >= 15 is 0 Å². The Morgan fingerprint density at radius 2 is 2.17 bits per heavy atom. The van der Waals surface area contributed by atoms with Gasteiger partial charge in [0.15, 0.2) is 0 Å². The van der Waals surface area contributed by atoms with E-state index in [0.717, 1.165) is 24.2 Å². The average Bonchev–Trinajstić information content (AvgIpc) is 2.66. The first-order valence-corrected chi connectivity index (χ1v) is 7.49. The Kier molecular flexibility index (Phi) is 4.67. The summed E-state index contributed by atoms with van der Waals surface area (Å²) in [6.07, 6.45) is 8.76. The number of hydrogen-bond donors (Lipinski definition) is 1. The van der Waals surface area contributed by atoms with Crippen molar-refractivity contribution in [1.29, 1.82) is 0 Å². The summed E-state index contributed by atoms with van der Waals surface area (Å²) in [5.74, 6) is 2.80. The van der Waals surface area contributed by atoms with E-state index in [-0.39, 0.29) is 0 Å². The van der Waals surface area contributed by atoms with Gasteiger partial charge in [-0.05, 0) is 38.0 Å². The molecule has 0 aliphatic heterocycles. The Morgan fingerprint density at radius 3 is 2.83 bits per heavy atom. The van der Waals surface area contributed by atoms with Crippen LogP contribution in [0.1, 0.15) is 52.9 Å². The van der Waals surface area contributed by atoms with Gasteiger partial charge in [0.05, 0.1) is 0 Å². The second-order valence-electron chi connectivity index (χ2n) is 5.91. The van der Waals surface area contributed by atoms with Crippen molar-refractivity contribution in [3.8, 4) is 0 Å². The van der Waals surface area contributed by atoms with Gasteiger partial charge in [-0.25, -0.2) is 0 Å². The lowest BCUT2D eigenvalue weighted by atomic mass is 9.89. The molecule has 2 atom stereocenters. The molecule has 0 aromatic carbocycles. The summed E-state index contributed by atoms with van der Waals surface area (Å²) >= 11 is 0. The van der Waals surface area contributed by atoms with E-state index < -0.39 is 0 Å². The van der Waals surface area contributed by atoms with Crippen LogP contribution in [0.15, 0.2) is 12.3 Å². The minimum atomic E-state index is 0.619. The molecule has 1 aliphatic carbocycles. The van der Waals surface area contributed by atoms with E-state index in [1.165, 1.54) is 32.1 Å². The van der Waals surface area contributed by atoms with Crippen LogP contribution >= 0.6 is 0 Å². The predicted molar refractivity (Wildman–Crippen MR) is 76.7 cm³/mol. The van der Waals surface area contributed by atoms with Crippen LogP contribution in [0.4, 0.5) is 5.82 Å². The number of anilines is 1. The first-order valence-electron chi connectivity index (χ1n) is 7.49. The van der Waals surface area contributed by atoms with Crippen LogP contribution in [-0.2, 0) is 6.54 Å². The summed E-state index contributed by atoms with van der Waals surface area (Å²) in [7, 11) is 0. The summed E-state index contributed by atoms with van der Waals surface area (Å²) in [4.78, 5) is 0. The van der Waals surface area contributed by atoms with Gasteiger partial charge in [-0.15, -0.1) is 0 Å². The Balaban J connectivity index is 1.86. The van der Waals surface area contributed by atoms with Crippen LogP contribution in [0.3, 0.4) is 0 Å². The van der Waals surface area contributed by atoms with E-state index in [1.807, 2.05) is 4.68 Å². The number of nitrogens with zero attached hydrogens (tertiary/aromatic N) is 2. The van der Waals surface area contributed by atoms with E-state index in [2.05, 4.69) is 43.4 Å². The molecule has 2 unspecified atom stereocenters. The van der Waals surface area contributed by atoms with E-state index in [4.69, 9.17) is 0 Å².